The minimum atomic E-state index is -0.108. The van der Waals surface area contributed by atoms with Gasteiger partial charge in [0.15, 0.2) is 0 Å². The van der Waals surface area contributed by atoms with Crippen molar-refractivity contribution in [2.24, 2.45) is 11.7 Å². The molecule has 0 bridgehead atoms. The first-order valence-electron chi connectivity index (χ1n) is 7.98. The first-order chi connectivity index (χ1) is 9.72. The van der Waals surface area contributed by atoms with Crippen LogP contribution in [0.4, 0.5) is 4.39 Å². The van der Waals surface area contributed by atoms with Crippen molar-refractivity contribution in [3.05, 3.63) is 35.1 Å². The van der Waals surface area contributed by atoms with E-state index in [0.717, 1.165) is 25.8 Å². The summed E-state index contributed by atoms with van der Waals surface area (Å²) in [5.41, 5.74) is 8.71. The van der Waals surface area contributed by atoms with E-state index < -0.39 is 0 Å². The number of nitrogens with two attached hydrogens (primary N) is 1. The van der Waals surface area contributed by atoms with E-state index in [9.17, 15) is 4.39 Å². The smallest absolute Gasteiger partial charge is 0.123 e. The molecule has 110 valence electrons. The van der Waals surface area contributed by atoms with Gasteiger partial charge < -0.3 is 11.1 Å². The highest BCUT2D eigenvalue weighted by Crippen LogP contribution is 2.25. The van der Waals surface area contributed by atoms with Crippen molar-refractivity contribution in [3.63, 3.8) is 0 Å². The van der Waals surface area contributed by atoms with Gasteiger partial charge in [-0.15, -0.1) is 0 Å². The van der Waals surface area contributed by atoms with E-state index in [1.165, 1.54) is 36.8 Å². The molecule has 0 aromatic heterocycles. The molecule has 0 radical (unpaired) electrons. The van der Waals surface area contributed by atoms with E-state index in [4.69, 9.17) is 5.73 Å². The Balaban J connectivity index is 1.54. The van der Waals surface area contributed by atoms with E-state index in [1.807, 2.05) is 6.07 Å². The van der Waals surface area contributed by atoms with Gasteiger partial charge in [-0.25, -0.2) is 4.39 Å². The summed E-state index contributed by atoms with van der Waals surface area (Å²) in [5.74, 6) is 0.529. The van der Waals surface area contributed by atoms with Gasteiger partial charge in [0.2, 0.25) is 0 Å². The Morgan fingerprint density at radius 1 is 1.15 bits per heavy atom. The molecule has 1 saturated carbocycles. The Bertz CT molecular complexity index is 460. The number of halogens is 1. The lowest BCUT2D eigenvalue weighted by molar-refractivity contribution is 0.281. The van der Waals surface area contributed by atoms with E-state index in [2.05, 4.69) is 5.32 Å². The number of hydrogen-bond donors (Lipinski definition) is 2. The molecule has 3 heteroatoms. The highest BCUT2D eigenvalue weighted by molar-refractivity contribution is 5.31. The normalized spacial score (nSPS) is 30.0. The molecule has 1 fully saturated rings. The molecular weight excluding hydrogens is 251 g/mol. The van der Waals surface area contributed by atoms with Crippen LogP contribution in [0.2, 0.25) is 0 Å². The Morgan fingerprint density at radius 3 is 2.85 bits per heavy atom. The lowest BCUT2D eigenvalue weighted by Gasteiger charge is -2.32. The van der Waals surface area contributed by atoms with Gasteiger partial charge in [-0.2, -0.15) is 0 Å². The van der Waals surface area contributed by atoms with Crippen LogP contribution in [0.15, 0.2) is 18.2 Å². The van der Waals surface area contributed by atoms with Crippen molar-refractivity contribution in [2.75, 3.05) is 6.54 Å². The monoisotopic (exact) mass is 276 g/mol. The molecule has 1 aromatic carbocycles. The van der Waals surface area contributed by atoms with Crippen molar-refractivity contribution in [3.8, 4) is 0 Å². The molecule has 0 amide bonds. The summed E-state index contributed by atoms with van der Waals surface area (Å²) >= 11 is 0. The summed E-state index contributed by atoms with van der Waals surface area (Å²) in [5, 5.41) is 3.70. The Kier molecular flexibility index (Phi) is 4.37. The molecule has 0 aliphatic heterocycles. The Morgan fingerprint density at radius 2 is 2.00 bits per heavy atom. The zero-order valence-corrected chi connectivity index (χ0v) is 12.1. The Labute approximate surface area is 120 Å². The highest BCUT2D eigenvalue weighted by atomic mass is 19.1. The predicted molar refractivity (Wildman–Crippen MR) is 80.1 cm³/mol. The molecule has 2 aliphatic rings. The fourth-order valence-electron chi connectivity index (χ4n) is 3.71. The zero-order chi connectivity index (χ0) is 13.9. The van der Waals surface area contributed by atoms with Crippen LogP contribution in [0.1, 0.15) is 43.2 Å². The van der Waals surface area contributed by atoms with Crippen LogP contribution >= 0.6 is 0 Å². The van der Waals surface area contributed by atoms with Crippen LogP contribution in [-0.4, -0.2) is 18.6 Å². The highest BCUT2D eigenvalue weighted by Gasteiger charge is 2.24. The number of aryl methyl sites for hydroxylation is 1. The fraction of sp³-hybridized carbons (Fsp3) is 0.647. The summed E-state index contributed by atoms with van der Waals surface area (Å²) in [4.78, 5) is 0. The molecule has 0 spiro atoms. The number of benzene rings is 1. The van der Waals surface area contributed by atoms with Gasteiger partial charge in [-0.3, -0.25) is 0 Å². The van der Waals surface area contributed by atoms with E-state index in [0.29, 0.717) is 18.0 Å². The first-order valence-corrected chi connectivity index (χ1v) is 7.98. The topological polar surface area (TPSA) is 38.0 Å². The molecule has 0 saturated heterocycles. The average Bonchev–Trinajstić information content (AvgIpc) is 2.46. The SMILES string of the molecule is N[C@@H]1CCCC[C@H]1CN[C@H]1CCc2cc(F)ccc2C1. The number of rotatable bonds is 3. The third kappa shape index (κ3) is 3.21. The van der Waals surface area contributed by atoms with Crippen LogP contribution in [0.3, 0.4) is 0 Å². The van der Waals surface area contributed by atoms with Gasteiger partial charge >= 0.3 is 0 Å². The second kappa shape index (κ2) is 6.23. The maximum Gasteiger partial charge on any atom is 0.123 e. The molecule has 3 atom stereocenters. The zero-order valence-electron chi connectivity index (χ0n) is 12.1. The Hall–Kier alpha value is -0.930. The molecule has 3 N–H and O–H groups in total. The second-order valence-electron chi connectivity index (χ2n) is 6.47. The largest absolute Gasteiger partial charge is 0.327 e. The number of fused-ring (bicyclic) bond motifs is 1. The number of hydrogen-bond acceptors (Lipinski definition) is 2. The summed E-state index contributed by atoms with van der Waals surface area (Å²) < 4.78 is 13.2. The van der Waals surface area contributed by atoms with Crippen LogP contribution in [0, 0.1) is 11.7 Å². The third-order valence-electron chi connectivity index (χ3n) is 5.03. The van der Waals surface area contributed by atoms with Crippen LogP contribution < -0.4 is 11.1 Å². The lowest BCUT2D eigenvalue weighted by atomic mass is 9.84. The summed E-state index contributed by atoms with van der Waals surface area (Å²) in [6.45, 7) is 1.04. The molecule has 20 heavy (non-hydrogen) atoms. The number of nitrogens with one attached hydrogen (secondary N) is 1. The molecule has 1 aromatic rings. The summed E-state index contributed by atoms with van der Waals surface area (Å²) in [6, 6.07) is 6.13. The summed E-state index contributed by atoms with van der Waals surface area (Å²) in [6.07, 6.45) is 8.19. The van der Waals surface area contributed by atoms with Crippen molar-refractivity contribution in [1.82, 2.24) is 5.32 Å². The molecule has 2 nitrogen and oxygen atoms in total. The maximum absolute atomic E-state index is 13.2. The van der Waals surface area contributed by atoms with Crippen LogP contribution in [0.25, 0.3) is 0 Å². The van der Waals surface area contributed by atoms with Crippen molar-refractivity contribution < 1.29 is 4.39 Å². The standard InChI is InChI=1S/C17H25FN2/c18-15-7-5-13-10-16(8-6-12(13)9-15)20-11-14-3-1-2-4-17(14)19/h5,7,9,14,16-17,20H,1-4,6,8,10-11,19H2/t14-,16-,17+/m0/s1. The van der Waals surface area contributed by atoms with Gasteiger partial charge in [-0.1, -0.05) is 18.9 Å². The quantitative estimate of drug-likeness (QED) is 0.891. The van der Waals surface area contributed by atoms with Crippen molar-refractivity contribution in [2.45, 2.75) is 57.0 Å². The molecule has 3 rings (SSSR count). The van der Waals surface area contributed by atoms with Crippen molar-refractivity contribution in [1.29, 1.82) is 0 Å². The molecular formula is C17H25FN2. The third-order valence-corrected chi connectivity index (χ3v) is 5.03. The van der Waals surface area contributed by atoms with E-state index >= 15 is 0 Å². The second-order valence-corrected chi connectivity index (χ2v) is 6.47. The molecule has 0 heterocycles. The average molecular weight is 276 g/mol. The maximum atomic E-state index is 13.2. The van der Waals surface area contributed by atoms with Gasteiger partial charge in [0.05, 0.1) is 0 Å². The minimum absolute atomic E-state index is 0.108. The van der Waals surface area contributed by atoms with E-state index in [-0.39, 0.29) is 5.82 Å². The lowest BCUT2D eigenvalue weighted by Crippen LogP contribution is -2.44. The van der Waals surface area contributed by atoms with E-state index in [1.54, 1.807) is 12.1 Å². The first kappa shape index (κ1) is 14.0. The predicted octanol–water partition coefficient (Wildman–Crippen LogP) is 2.79. The van der Waals surface area contributed by atoms with Gasteiger partial charge in [0, 0.05) is 12.1 Å². The summed E-state index contributed by atoms with van der Waals surface area (Å²) in [7, 11) is 0. The van der Waals surface area contributed by atoms with Gasteiger partial charge in [0.25, 0.3) is 0 Å². The van der Waals surface area contributed by atoms with Gasteiger partial charge in [0.1, 0.15) is 5.82 Å². The van der Waals surface area contributed by atoms with Crippen LogP contribution in [-0.2, 0) is 12.8 Å². The minimum Gasteiger partial charge on any atom is -0.327 e. The van der Waals surface area contributed by atoms with Crippen molar-refractivity contribution >= 4 is 0 Å². The fourth-order valence-corrected chi connectivity index (χ4v) is 3.71. The molecule has 0 unspecified atom stereocenters. The molecule has 2 aliphatic carbocycles. The van der Waals surface area contributed by atoms with Crippen LogP contribution in [0.5, 0.6) is 0 Å². The van der Waals surface area contributed by atoms with Gasteiger partial charge in [-0.05, 0) is 67.8 Å².